The highest BCUT2D eigenvalue weighted by molar-refractivity contribution is 5.39. The van der Waals surface area contributed by atoms with Crippen molar-refractivity contribution in [3.63, 3.8) is 0 Å². The summed E-state index contributed by atoms with van der Waals surface area (Å²) in [7, 11) is 0. The van der Waals surface area contributed by atoms with Crippen LogP contribution in [0.5, 0.6) is 11.5 Å². The van der Waals surface area contributed by atoms with E-state index in [1.54, 1.807) is 6.20 Å². The van der Waals surface area contributed by atoms with Crippen LogP contribution in [0, 0.1) is 13.8 Å². The van der Waals surface area contributed by atoms with Crippen LogP contribution < -0.4 is 4.74 Å². The fourth-order valence-corrected chi connectivity index (χ4v) is 1.99. The zero-order chi connectivity index (χ0) is 17.0. The topological polar surface area (TPSA) is 22.1 Å². The molecule has 2 nitrogen and oxygen atoms in total. The van der Waals surface area contributed by atoms with Crippen LogP contribution in [0.25, 0.3) is 0 Å². The first kappa shape index (κ1) is 20.2. The molecule has 0 bridgehead atoms. The molecule has 0 unspecified atom stereocenters. The van der Waals surface area contributed by atoms with E-state index in [0.29, 0.717) is 0 Å². The monoisotopic (exact) mass is 301 g/mol. The first-order valence-corrected chi connectivity index (χ1v) is 8.38. The number of aromatic nitrogens is 1. The van der Waals surface area contributed by atoms with Gasteiger partial charge in [0.2, 0.25) is 0 Å². The van der Waals surface area contributed by atoms with E-state index in [9.17, 15) is 0 Å². The third-order valence-electron chi connectivity index (χ3n) is 2.87. The molecule has 0 aliphatic carbocycles. The molecule has 0 fully saturated rings. The van der Waals surface area contributed by atoms with Gasteiger partial charge in [-0.05, 0) is 43.5 Å². The summed E-state index contributed by atoms with van der Waals surface area (Å²) in [6, 6.07) is 8.26. The summed E-state index contributed by atoms with van der Waals surface area (Å²) in [5, 5.41) is 0. The molecule has 22 heavy (non-hydrogen) atoms. The molecular formula is C20H31NO. The normalized spacial score (nSPS) is 9.05. The van der Waals surface area contributed by atoms with Gasteiger partial charge in [0.15, 0.2) is 0 Å². The molecule has 2 aromatic rings. The second-order valence-corrected chi connectivity index (χ2v) is 4.65. The highest BCUT2D eigenvalue weighted by Gasteiger charge is 2.03. The second kappa shape index (κ2) is 11.8. The molecule has 1 aromatic heterocycles. The van der Waals surface area contributed by atoms with E-state index in [1.807, 2.05) is 40.0 Å². The Balaban J connectivity index is 0.00000102. The van der Waals surface area contributed by atoms with Gasteiger partial charge >= 0.3 is 0 Å². The molecule has 0 aliphatic rings. The lowest BCUT2D eigenvalue weighted by atomic mass is 10.1. The van der Waals surface area contributed by atoms with Gasteiger partial charge in [0.1, 0.15) is 11.5 Å². The second-order valence-electron chi connectivity index (χ2n) is 4.65. The smallest absolute Gasteiger partial charge is 0.145 e. The lowest BCUT2D eigenvalue weighted by Gasteiger charge is -2.10. The Kier molecular flexibility index (Phi) is 10.8. The molecule has 0 amide bonds. The molecule has 0 radical (unpaired) electrons. The Bertz CT molecular complexity index is 535. The Morgan fingerprint density at radius 3 is 2.23 bits per heavy atom. The Labute approximate surface area is 136 Å². The van der Waals surface area contributed by atoms with Gasteiger partial charge in [0.05, 0.1) is 6.20 Å². The van der Waals surface area contributed by atoms with Gasteiger partial charge in [-0.2, -0.15) is 0 Å². The fourth-order valence-electron chi connectivity index (χ4n) is 1.99. The number of rotatable bonds is 4. The van der Waals surface area contributed by atoms with Crippen LogP contribution >= 0.6 is 0 Å². The third-order valence-corrected chi connectivity index (χ3v) is 2.87. The van der Waals surface area contributed by atoms with Crippen LogP contribution in [-0.2, 0) is 6.42 Å². The molecule has 0 saturated carbocycles. The molecule has 2 heteroatoms. The number of aryl methyl sites for hydroxylation is 3. The Morgan fingerprint density at radius 1 is 0.955 bits per heavy atom. The van der Waals surface area contributed by atoms with Crippen molar-refractivity contribution in [3.8, 4) is 11.5 Å². The van der Waals surface area contributed by atoms with Crippen molar-refractivity contribution in [2.75, 3.05) is 0 Å². The van der Waals surface area contributed by atoms with Crippen molar-refractivity contribution < 1.29 is 4.74 Å². The van der Waals surface area contributed by atoms with Gasteiger partial charge in [-0.1, -0.05) is 58.7 Å². The molecule has 0 atom stereocenters. The summed E-state index contributed by atoms with van der Waals surface area (Å²) in [6.07, 6.45) is 5.82. The summed E-state index contributed by atoms with van der Waals surface area (Å²) in [5.74, 6) is 1.71. The molecular weight excluding hydrogens is 270 g/mol. The first-order valence-electron chi connectivity index (χ1n) is 8.38. The molecule has 2 rings (SSSR count). The van der Waals surface area contributed by atoms with Gasteiger partial charge in [-0.25, -0.2) is 0 Å². The molecule has 0 spiro atoms. The summed E-state index contributed by atoms with van der Waals surface area (Å²) in [4.78, 5) is 4.22. The van der Waals surface area contributed by atoms with Crippen LogP contribution in [-0.4, -0.2) is 4.98 Å². The van der Waals surface area contributed by atoms with Crippen LogP contribution in [0.2, 0.25) is 0 Å². The average molecular weight is 301 g/mol. The van der Waals surface area contributed by atoms with E-state index in [0.717, 1.165) is 29.9 Å². The van der Waals surface area contributed by atoms with Gasteiger partial charge in [-0.3, -0.25) is 4.98 Å². The van der Waals surface area contributed by atoms with Crippen LogP contribution in [0.1, 0.15) is 57.7 Å². The van der Waals surface area contributed by atoms with Gasteiger partial charge in [-0.15, -0.1) is 0 Å². The van der Waals surface area contributed by atoms with Crippen molar-refractivity contribution in [1.29, 1.82) is 0 Å². The maximum Gasteiger partial charge on any atom is 0.145 e. The SMILES string of the molecule is CC.CC.CCCc1cncc(Oc2ccc(C)cc2C)c1. The Hall–Kier alpha value is -1.83. The third kappa shape index (κ3) is 6.75. The van der Waals surface area contributed by atoms with E-state index in [2.05, 4.69) is 44.0 Å². The standard InChI is InChI=1S/C16H19NO.2C2H6/c1-4-5-14-9-15(11-17-10-14)18-16-7-6-12(2)8-13(16)3;2*1-2/h6-11H,4-5H2,1-3H3;2*1-2H3. The molecule has 1 heterocycles. The zero-order valence-corrected chi connectivity index (χ0v) is 15.2. The summed E-state index contributed by atoms with van der Waals surface area (Å²) >= 11 is 0. The minimum atomic E-state index is 0.813. The van der Waals surface area contributed by atoms with Crippen LogP contribution in [0.3, 0.4) is 0 Å². The van der Waals surface area contributed by atoms with Crippen LogP contribution in [0.15, 0.2) is 36.7 Å². The minimum absolute atomic E-state index is 0.813. The number of pyridine rings is 1. The van der Waals surface area contributed by atoms with Gasteiger partial charge < -0.3 is 4.74 Å². The van der Waals surface area contributed by atoms with Gasteiger partial charge in [0, 0.05) is 6.20 Å². The van der Waals surface area contributed by atoms with Crippen molar-refractivity contribution in [2.24, 2.45) is 0 Å². The van der Waals surface area contributed by atoms with E-state index < -0.39 is 0 Å². The van der Waals surface area contributed by atoms with Crippen molar-refractivity contribution in [2.45, 2.75) is 61.3 Å². The molecule has 0 aliphatic heterocycles. The maximum absolute atomic E-state index is 5.89. The highest BCUT2D eigenvalue weighted by Crippen LogP contribution is 2.25. The number of hydrogen-bond donors (Lipinski definition) is 0. The average Bonchev–Trinajstić information content (AvgIpc) is 2.55. The zero-order valence-electron chi connectivity index (χ0n) is 15.2. The predicted molar refractivity (Wildman–Crippen MR) is 96.9 cm³/mol. The number of hydrogen-bond acceptors (Lipinski definition) is 2. The molecule has 1 aromatic carbocycles. The fraction of sp³-hybridized carbons (Fsp3) is 0.450. The van der Waals surface area contributed by atoms with Gasteiger partial charge in [0.25, 0.3) is 0 Å². The molecule has 122 valence electrons. The van der Waals surface area contributed by atoms with Crippen molar-refractivity contribution >= 4 is 0 Å². The highest BCUT2D eigenvalue weighted by atomic mass is 16.5. The predicted octanol–water partition coefficient (Wildman–Crippen LogP) is 6.50. The van der Waals surface area contributed by atoms with Crippen LogP contribution in [0.4, 0.5) is 0 Å². The van der Waals surface area contributed by atoms with E-state index in [4.69, 9.17) is 4.74 Å². The van der Waals surface area contributed by atoms with E-state index in [1.165, 1.54) is 11.1 Å². The lowest BCUT2D eigenvalue weighted by molar-refractivity contribution is 0.475. The van der Waals surface area contributed by atoms with Crippen molar-refractivity contribution in [1.82, 2.24) is 4.98 Å². The number of ether oxygens (including phenoxy) is 1. The van der Waals surface area contributed by atoms with E-state index in [-0.39, 0.29) is 0 Å². The lowest BCUT2D eigenvalue weighted by Crippen LogP contribution is -1.91. The largest absolute Gasteiger partial charge is 0.455 e. The summed E-state index contributed by atoms with van der Waals surface area (Å²) < 4.78 is 5.89. The number of benzene rings is 1. The maximum atomic E-state index is 5.89. The Morgan fingerprint density at radius 2 is 1.64 bits per heavy atom. The molecule has 0 N–H and O–H groups in total. The first-order chi connectivity index (χ1) is 10.7. The minimum Gasteiger partial charge on any atom is -0.455 e. The van der Waals surface area contributed by atoms with Crippen molar-refractivity contribution in [3.05, 3.63) is 53.3 Å². The molecule has 0 saturated heterocycles. The quantitative estimate of drug-likeness (QED) is 0.643. The number of nitrogens with zero attached hydrogens (tertiary/aromatic N) is 1. The summed E-state index contributed by atoms with van der Waals surface area (Å²) in [6.45, 7) is 14.3. The van der Waals surface area contributed by atoms with E-state index >= 15 is 0 Å². The summed E-state index contributed by atoms with van der Waals surface area (Å²) in [5.41, 5.74) is 3.62.